The van der Waals surface area contributed by atoms with E-state index in [0.29, 0.717) is 13.0 Å². The van der Waals surface area contributed by atoms with E-state index in [1.807, 2.05) is 0 Å². The van der Waals surface area contributed by atoms with Crippen molar-refractivity contribution >= 4 is 5.78 Å². The Balaban J connectivity index is 2.39. The van der Waals surface area contributed by atoms with Crippen LogP contribution in [0.3, 0.4) is 0 Å². The normalized spacial score (nSPS) is 30.6. The summed E-state index contributed by atoms with van der Waals surface area (Å²) in [6.07, 6.45) is -0.495. The Labute approximate surface area is 47.3 Å². The first-order chi connectivity index (χ1) is 3.80. The number of ether oxygens (including phenoxy) is 1. The highest BCUT2D eigenvalue weighted by Crippen LogP contribution is 1.99. The number of hydrogen-bond donors (Lipinski definition) is 1. The molecule has 0 unspecified atom stereocenters. The Kier molecular flexibility index (Phi) is 1.60. The van der Waals surface area contributed by atoms with Crippen LogP contribution in [0.2, 0.25) is 0 Å². The van der Waals surface area contributed by atoms with E-state index in [9.17, 15) is 4.79 Å². The van der Waals surface area contributed by atoms with Gasteiger partial charge in [0.15, 0.2) is 5.78 Å². The van der Waals surface area contributed by atoms with Crippen LogP contribution in [0.4, 0.5) is 0 Å². The number of ketones is 1. The number of Topliss-reactive ketones (excluding diaryl/α,β-unsaturated/α-hetero) is 1. The van der Waals surface area contributed by atoms with Crippen LogP contribution in [-0.4, -0.2) is 30.2 Å². The second-order valence-corrected chi connectivity index (χ2v) is 1.81. The Bertz CT molecular complexity index is 99.8. The molecule has 0 radical (unpaired) electrons. The van der Waals surface area contributed by atoms with Gasteiger partial charge in [-0.1, -0.05) is 0 Å². The standard InChI is InChI=1S/C5H8O3/c6-4-1-2-8-3-5(4)7/h5,7H,1-3H2/t5-/m1/s1. The van der Waals surface area contributed by atoms with Crippen molar-refractivity contribution in [2.24, 2.45) is 0 Å². The lowest BCUT2D eigenvalue weighted by atomic mass is 10.1. The fourth-order valence-electron chi connectivity index (χ4n) is 0.627. The van der Waals surface area contributed by atoms with E-state index < -0.39 is 6.10 Å². The molecule has 0 bridgehead atoms. The molecule has 3 heteroatoms. The van der Waals surface area contributed by atoms with E-state index >= 15 is 0 Å². The zero-order chi connectivity index (χ0) is 5.98. The van der Waals surface area contributed by atoms with Gasteiger partial charge in [0.25, 0.3) is 0 Å². The molecule has 1 N–H and O–H groups in total. The maximum absolute atomic E-state index is 10.5. The van der Waals surface area contributed by atoms with E-state index in [2.05, 4.69) is 0 Å². The molecule has 3 nitrogen and oxygen atoms in total. The zero-order valence-electron chi connectivity index (χ0n) is 4.46. The van der Waals surface area contributed by atoms with E-state index in [4.69, 9.17) is 9.84 Å². The van der Waals surface area contributed by atoms with Crippen molar-refractivity contribution < 1.29 is 14.6 Å². The van der Waals surface area contributed by atoms with Crippen molar-refractivity contribution in [1.82, 2.24) is 0 Å². The largest absolute Gasteiger partial charge is 0.383 e. The van der Waals surface area contributed by atoms with Crippen molar-refractivity contribution in [3.63, 3.8) is 0 Å². The molecule has 1 heterocycles. The third kappa shape index (κ3) is 1.05. The van der Waals surface area contributed by atoms with Crippen LogP contribution in [0.15, 0.2) is 0 Å². The monoisotopic (exact) mass is 116 g/mol. The molecule has 0 aromatic heterocycles. The number of carbonyl (C=O) groups is 1. The highest BCUT2D eigenvalue weighted by molar-refractivity contribution is 5.83. The molecular weight excluding hydrogens is 108 g/mol. The molecule has 8 heavy (non-hydrogen) atoms. The molecule has 1 fully saturated rings. The van der Waals surface area contributed by atoms with Crippen LogP contribution in [0.1, 0.15) is 6.42 Å². The predicted molar refractivity (Wildman–Crippen MR) is 26.4 cm³/mol. The minimum absolute atomic E-state index is 0.101. The summed E-state index contributed by atoms with van der Waals surface area (Å²) in [5.41, 5.74) is 0. The second kappa shape index (κ2) is 2.24. The minimum atomic E-state index is -0.858. The van der Waals surface area contributed by atoms with E-state index in [1.54, 1.807) is 0 Å². The van der Waals surface area contributed by atoms with Gasteiger partial charge in [0.2, 0.25) is 0 Å². The molecule has 0 amide bonds. The molecule has 0 aliphatic carbocycles. The van der Waals surface area contributed by atoms with Crippen molar-refractivity contribution in [2.75, 3.05) is 13.2 Å². The van der Waals surface area contributed by atoms with Crippen molar-refractivity contribution in [3.05, 3.63) is 0 Å². The lowest BCUT2D eigenvalue weighted by molar-refractivity contribution is -0.136. The molecule has 0 aromatic rings. The van der Waals surface area contributed by atoms with E-state index in [-0.39, 0.29) is 12.4 Å². The molecule has 1 saturated heterocycles. The molecule has 0 saturated carbocycles. The van der Waals surface area contributed by atoms with Crippen molar-refractivity contribution in [1.29, 1.82) is 0 Å². The maximum Gasteiger partial charge on any atom is 0.165 e. The summed E-state index contributed by atoms with van der Waals surface area (Å²) in [6, 6.07) is 0. The SMILES string of the molecule is O=C1CCOC[C@H]1O. The quantitative estimate of drug-likeness (QED) is 0.457. The lowest BCUT2D eigenvalue weighted by Crippen LogP contribution is -2.31. The van der Waals surface area contributed by atoms with Crippen molar-refractivity contribution in [3.8, 4) is 0 Å². The average Bonchev–Trinajstić information content (AvgIpc) is 1.77. The number of carbonyl (C=O) groups excluding carboxylic acids is 1. The lowest BCUT2D eigenvalue weighted by Gasteiger charge is -2.14. The van der Waals surface area contributed by atoms with Crippen LogP contribution in [0.25, 0.3) is 0 Å². The summed E-state index contributed by atoms with van der Waals surface area (Å²) >= 11 is 0. The molecule has 1 rings (SSSR count). The van der Waals surface area contributed by atoms with Gasteiger partial charge in [-0.25, -0.2) is 0 Å². The van der Waals surface area contributed by atoms with Gasteiger partial charge in [-0.3, -0.25) is 4.79 Å². The summed E-state index contributed by atoms with van der Waals surface area (Å²) in [5, 5.41) is 8.70. The summed E-state index contributed by atoms with van der Waals surface area (Å²) in [7, 11) is 0. The van der Waals surface area contributed by atoms with Gasteiger partial charge in [-0.2, -0.15) is 0 Å². The summed E-state index contributed by atoms with van der Waals surface area (Å²) in [4.78, 5) is 10.5. The second-order valence-electron chi connectivity index (χ2n) is 1.81. The van der Waals surface area contributed by atoms with Gasteiger partial charge in [0, 0.05) is 6.42 Å². The van der Waals surface area contributed by atoms with Crippen LogP contribution >= 0.6 is 0 Å². The highest BCUT2D eigenvalue weighted by Gasteiger charge is 2.18. The van der Waals surface area contributed by atoms with Crippen LogP contribution < -0.4 is 0 Å². The average molecular weight is 116 g/mol. The first kappa shape index (κ1) is 5.72. The first-order valence-corrected chi connectivity index (χ1v) is 2.59. The fraction of sp³-hybridized carbons (Fsp3) is 0.800. The summed E-state index contributed by atoms with van der Waals surface area (Å²) in [5.74, 6) is -0.101. The molecule has 1 aliphatic rings. The highest BCUT2D eigenvalue weighted by atomic mass is 16.5. The zero-order valence-corrected chi connectivity index (χ0v) is 4.46. The van der Waals surface area contributed by atoms with Gasteiger partial charge in [0.1, 0.15) is 6.10 Å². The molecule has 1 atom stereocenters. The Morgan fingerprint density at radius 1 is 1.75 bits per heavy atom. The van der Waals surface area contributed by atoms with Crippen LogP contribution in [0, 0.1) is 0 Å². The fourth-order valence-corrected chi connectivity index (χ4v) is 0.627. The minimum Gasteiger partial charge on any atom is -0.383 e. The summed E-state index contributed by atoms with van der Waals surface area (Å²) < 4.78 is 4.78. The van der Waals surface area contributed by atoms with Crippen LogP contribution in [0.5, 0.6) is 0 Å². The maximum atomic E-state index is 10.5. The summed E-state index contributed by atoms with van der Waals surface area (Å²) in [6.45, 7) is 0.648. The van der Waals surface area contributed by atoms with Gasteiger partial charge in [-0.15, -0.1) is 0 Å². The van der Waals surface area contributed by atoms with Gasteiger partial charge < -0.3 is 9.84 Å². The molecule has 1 aliphatic heterocycles. The Morgan fingerprint density at radius 2 is 2.50 bits per heavy atom. The molecule has 0 spiro atoms. The number of aliphatic hydroxyl groups is 1. The third-order valence-corrected chi connectivity index (χ3v) is 1.14. The van der Waals surface area contributed by atoms with Gasteiger partial charge in [-0.05, 0) is 0 Å². The molecule has 0 aromatic carbocycles. The van der Waals surface area contributed by atoms with Crippen molar-refractivity contribution in [2.45, 2.75) is 12.5 Å². The molecular formula is C5H8O3. The first-order valence-electron chi connectivity index (χ1n) is 2.59. The topological polar surface area (TPSA) is 46.5 Å². The van der Waals surface area contributed by atoms with Gasteiger partial charge in [0.05, 0.1) is 13.2 Å². The number of aliphatic hydroxyl groups excluding tert-OH is 1. The third-order valence-electron chi connectivity index (χ3n) is 1.14. The van der Waals surface area contributed by atoms with Crippen LogP contribution in [-0.2, 0) is 9.53 Å². The van der Waals surface area contributed by atoms with Gasteiger partial charge >= 0.3 is 0 Å². The smallest absolute Gasteiger partial charge is 0.165 e. The van der Waals surface area contributed by atoms with E-state index in [1.165, 1.54) is 0 Å². The molecule has 46 valence electrons. The van der Waals surface area contributed by atoms with E-state index in [0.717, 1.165) is 0 Å². The predicted octanol–water partition coefficient (Wildman–Crippen LogP) is -0.663. The Morgan fingerprint density at radius 3 is 2.88 bits per heavy atom. The number of hydrogen-bond acceptors (Lipinski definition) is 3. The Hall–Kier alpha value is -0.410. The number of rotatable bonds is 0.